The fourth-order valence-corrected chi connectivity index (χ4v) is 1.03. The summed E-state index contributed by atoms with van der Waals surface area (Å²) >= 11 is 0. The first kappa shape index (κ1) is 8.71. The molecule has 3 nitrogen and oxygen atoms in total. The fourth-order valence-electron chi connectivity index (χ4n) is 1.03. The Hall–Kier alpha value is -1.38. The number of carbonyl (C=O) groups excluding carboxylic acids is 2. The van der Waals surface area contributed by atoms with Crippen molar-refractivity contribution in [2.24, 2.45) is 5.92 Å². The van der Waals surface area contributed by atoms with Crippen LogP contribution >= 0.6 is 0 Å². The molecule has 1 aliphatic carbocycles. The summed E-state index contributed by atoms with van der Waals surface area (Å²) < 4.78 is 4.47. The summed E-state index contributed by atoms with van der Waals surface area (Å²) in [5, 5.41) is 0. The van der Waals surface area contributed by atoms with Crippen LogP contribution in [0.15, 0.2) is 23.8 Å². The molecule has 0 aromatic heterocycles. The summed E-state index contributed by atoms with van der Waals surface area (Å²) in [7, 11) is 1.27. The van der Waals surface area contributed by atoms with Crippen LogP contribution in [0.25, 0.3) is 0 Å². The molecule has 0 heterocycles. The van der Waals surface area contributed by atoms with Gasteiger partial charge in [0.25, 0.3) is 0 Å². The molecule has 0 fully saturated rings. The molecule has 1 rings (SSSR count). The van der Waals surface area contributed by atoms with Crippen molar-refractivity contribution in [2.75, 3.05) is 7.11 Å². The predicted octanol–water partition coefficient (Wildman–Crippen LogP) is 0.861. The summed E-state index contributed by atoms with van der Waals surface area (Å²) in [6, 6.07) is 0. The van der Waals surface area contributed by atoms with E-state index in [9.17, 15) is 9.59 Å². The highest BCUT2D eigenvalue weighted by Crippen LogP contribution is 2.14. The van der Waals surface area contributed by atoms with Crippen molar-refractivity contribution in [2.45, 2.75) is 6.92 Å². The van der Waals surface area contributed by atoms with Crippen LogP contribution < -0.4 is 0 Å². The number of ketones is 1. The summed E-state index contributed by atoms with van der Waals surface area (Å²) in [5.41, 5.74) is 0.907. The maximum absolute atomic E-state index is 11.1. The molecule has 1 unspecified atom stereocenters. The Morgan fingerprint density at radius 3 is 2.75 bits per heavy atom. The van der Waals surface area contributed by atoms with Crippen LogP contribution in [0.2, 0.25) is 0 Å². The Morgan fingerprint density at radius 1 is 1.50 bits per heavy atom. The van der Waals surface area contributed by atoms with Crippen molar-refractivity contribution in [1.82, 2.24) is 0 Å². The van der Waals surface area contributed by atoms with Gasteiger partial charge in [0, 0.05) is 0 Å². The van der Waals surface area contributed by atoms with Crippen LogP contribution in [0, 0.1) is 5.92 Å². The minimum atomic E-state index is -0.736. The molecule has 0 amide bonds. The third kappa shape index (κ3) is 1.61. The maximum Gasteiger partial charge on any atom is 0.320 e. The Kier molecular flexibility index (Phi) is 2.43. The Bertz CT molecular complexity index is 273. The largest absolute Gasteiger partial charge is 0.468 e. The normalized spacial score (nSPS) is 22.0. The lowest BCUT2D eigenvalue weighted by Gasteiger charge is -2.10. The van der Waals surface area contributed by atoms with E-state index in [1.165, 1.54) is 13.2 Å². The summed E-state index contributed by atoms with van der Waals surface area (Å²) in [4.78, 5) is 22.1. The van der Waals surface area contributed by atoms with E-state index in [-0.39, 0.29) is 5.78 Å². The van der Waals surface area contributed by atoms with Gasteiger partial charge in [-0.2, -0.15) is 0 Å². The second-order valence-electron chi connectivity index (χ2n) is 2.65. The van der Waals surface area contributed by atoms with Gasteiger partial charge in [-0.25, -0.2) is 0 Å². The first-order valence-corrected chi connectivity index (χ1v) is 3.63. The van der Waals surface area contributed by atoms with Crippen LogP contribution in [0.5, 0.6) is 0 Å². The van der Waals surface area contributed by atoms with Crippen molar-refractivity contribution in [3.63, 3.8) is 0 Å². The highest BCUT2D eigenvalue weighted by atomic mass is 16.5. The van der Waals surface area contributed by atoms with Crippen LogP contribution in [-0.2, 0) is 14.3 Å². The number of ether oxygens (including phenoxy) is 1. The predicted molar refractivity (Wildman–Crippen MR) is 43.4 cm³/mol. The van der Waals surface area contributed by atoms with Gasteiger partial charge >= 0.3 is 5.97 Å². The van der Waals surface area contributed by atoms with E-state index in [0.717, 1.165) is 5.57 Å². The zero-order valence-electron chi connectivity index (χ0n) is 7.03. The van der Waals surface area contributed by atoms with Gasteiger partial charge in [-0.1, -0.05) is 17.7 Å². The molecule has 64 valence electrons. The van der Waals surface area contributed by atoms with Crippen LogP contribution in [-0.4, -0.2) is 18.9 Å². The Morgan fingerprint density at radius 2 is 2.17 bits per heavy atom. The van der Waals surface area contributed by atoms with Crippen LogP contribution in [0.4, 0.5) is 0 Å². The number of methoxy groups -OCH3 is 1. The molecule has 0 bridgehead atoms. The average Bonchev–Trinajstić information content (AvgIpc) is 2.08. The van der Waals surface area contributed by atoms with Gasteiger partial charge in [0.05, 0.1) is 7.11 Å². The highest BCUT2D eigenvalue weighted by molar-refractivity contribution is 6.07. The molecule has 1 atom stereocenters. The maximum atomic E-state index is 11.1. The lowest BCUT2D eigenvalue weighted by Crippen LogP contribution is -2.23. The topological polar surface area (TPSA) is 43.4 Å². The zero-order chi connectivity index (χ0) is 9.14. The van der Waals surface area contributed by atoms with E-state index >= 15 is 0 Å². The molecular weight excluding hydrogens is 156 g/mol. The SMILES string of the molecule is COC(=O)C1C=C(C)C=CC1=O. The quantitative estimate of drug-likeness (QED) is 0.428. The van der Waals surface area contributed by atoms with Gasteiger partial charge in [-0.05, 0) is 13.0 Å². The number of esters is 1. The van der Waals surface area contributed by atoms with Gasteiger partial charge in [-0.15, -0.1) is 0 Å². The zero-order valence-corrected chi connectivity index (χ0v) is 7.03. The Labute approximate surface area is 70.7 Å². The molecule has 0 spiro atoms. The van der Waals surface area contributed by atoms with E-state index in [4.69, 9.17) is 0 Å². The monoisotopic (exact) mass is 166 g/mol. The van der Waals surface area contributed by atoms with E-state index in [1.807, 2.05) is 6.92 Å². The first-order chi connectivity index (χ1) is 5.65. The van der Waals surface area contributed by atoms with Gasteiger partial charge in [0.1, 0.15) is 5.92 Å². The number of hydrogen-bond donors (Lipinski definition) is 0. The summed E-state index contributed by atoms with van der Waals surface area (Å²) in [6.45, 7) is 1.83. The van der Waals surface area contributed by atoms with Crippen LogP contribution in [0.1, 0.15) is 6.92 Å². The molecule has 0 saturated carbocycles. The molecule has 0 aliphatic heterocycles. The molecular formula is C9H10O3. The van der Waals surface area contributed by atoms with Crippen molar-refractivity contribution in [3.8, 4) is 0 Å². The van der Waals surface area contributed by atoms with Crippen molar-refractivity contribution in [3.05, 3.63) is 23.8 Å². The number of rotatable bonds is 1. The van der Waals surface area contributed by atoms with E-state index in [0.29, 0.717) is 0 Å². The smallest absolute Gasteiger partial charge is 0.320 e. The standard InChI is InChI=1S/C9H10O3/c1-6-3-4-8(10)7(5-6)9(11)12-2/h3-5,7H,1-2H3. The highest BCUT2D eigenvalue weighted by Gasteiger charge is 2.24. The minimum absolute atomic E-state index is 0.215. The number of hydrogen-bond acceptors (Lipinski definition) is 3. The number of allylic oxidation sites excluding steroid dienone is 3. The third-order valence-corrected chi connectivity index (χ3v) is 1.70. The second-order valence-corrected chi connectivity index (χ2v) is 2.65. The first-order valence-electron chi connectivity index (χ1n) is 3.63. The molecule has 1 aliphatic rings. The molecule has 0 aromatic rings. The van der Waals surface area contributed by atoms with E-state index in [1.54, 1.807) is 12.2 Å². The van der Waals surface area contributed by atoms with Crippen LogP contribution in [0.3, 0.4) is 0 Å². The molecule has 3 heteroatoms. The average molecular weight is 166 g/mol. The van der Waals surface area contributed by atoms with Gasteiger partial charge in [0.15, 0.2) is 5.78 Å². The fraction of sp³-hybridized carbons (Fsp3) is 0.333. The van der Waals surface area contributed by atoms with Crippen molar-refractivity contribution < 1.29 is 14.3 Å². The lowest BCUT2D eigenvalue weighted by atomic mass is 9.96. The third-order valence-electron chi connectivity index (χ3n) is 1.70. The molecule has 0 N–H and O–H groups in total. The van der Waals surface area contributed by atoms with E-state index in [2.05, 4.69) is 4.74 Å². The van der Waals surface area contributed by atoms with Gasteiger partial charge in [-0.3, -0.25) is 9.59 Å². The van der Waals surface area contributed by atoms with Gasteiger partial charge < -0.3 is 4.74 Å². The number of carbonyl (C=O) groups is 2. The molecule has 12 heavy (non-hydrogen) atoms. The van der Waals surface area contributed by atoms with Crippen molar-refractivity contribution >= 4 is 11.8 Å². The van der Waals surface area contributed by atoms with Gasteiger partial charge in [0.2, 0.25) is 0 Å². The lowest BCUT2D eigenvalue weighted by molar-refractivity contribution is -0.146. The second kappa shape index (κ2) is 3.34. The molecule has 0 saturated heterocycles. The molecule has 0 radical (unpaired) electrons. The van der Waals surface area contributed by atoms with E-state index < -0.39 is 11.9 Å². The minimum Gasteiger partial charge on any atom is -0.468 e. The van der Waals surface area contributed by atoms with Crippen molar-refractivity contribution in [1.29, 1.82) is 0 Å². The molecule has 0 aromatic carbocycles. The summed E-state index contributed by atoms with van der Waals surface area (Å²) in [6.07, 6.45) is 4.69. The summed E-state index contributed by atoms with van der Waals surface area (Å²) in [5.74, 6) is -1.45. The Balaban J connectivity index is 2.84.